The molecule has 36 heavy (non-hydrogen) atoms. The molecule has 2 aliphatic rings. The lowest BCUT2D eigenvalue weighted by atomic mass is 9.95. The summed E-state index contributed by atoms with van der Waals surface area (Å²) in [4.78, 5) is 27.1. The van der Waals surface area contributed by atoms with Gasteiger partial charge in [0.2, 0.25) is 5.91 Å². The minimum atomic E-state index is -1.68. The van der Waals surface area contributed by atoms with Crippen molar-refractivity contribution >= 4 is 23.2 Å². The molecule has 0 bridgehead atoms. The van der Waals surface area contributed by atoms with Gasteiger partial charge < -0.3 is 10.4 Å². The highest BCUT2D eigenvalue weighted by molar-refractivity contribution is 6.31. The lowest BCUT2D eigenvalue weighted by Gasteiger charge is -2.17. The fraction of sp³-hybridized carbons (Fsp3) is 0.240. The standard InChI is InChI=1S/C25H21ClN6O4/c26-18-6-10-23(32-14-28-30-31-32)20(12-18)16-3-9-22(27-13-16)21(11-15-1-2-15)24(33)29-19-7-4-17(5-8-19)25(34)35-36-25/h3-10,12-15,21,34H,1-2,11H2,(H,29,33). The fourth-order valence-corrected chi connectivity index (χ4v) is 4.33. The Balaban J connectivity index is 1.24. The average molecular weight is 505 g/mol. The number of halogens is 1. The Bertz CT molecular complexity index is 1390. The van der Waals surface area contributed by atoms with Gasteiger partial charge in [0.1, 0.15) is 6.33 Å². The highest BCUT2D eigenvalue weighted by Crippen LogP contribution is 2.40. The Labute approximate surface area is 210 Å². The minimum absolute atomic E-state index is 0.135. The number of rotatable bonds is 8. The van der Waals surface area contributed by atoms with Crippen LogP contribution < -0.4 is 5.32 Å². The summed E-state index contributed by atoms with van der Waals surface area (Å²) in [5.74, 6) is -1.70. The molecule has 1 saturated heterocycles. The van der Waals surface area contributed by atoms with Crippen LogP contribution in [-0.4, -0.2) is 36.2 Å². The highest BCUT2D eigenvalue weighted by Gasteiger charge is 2.49. The number of nitrogens with zero attached hydrogens (tertiary/aromatic N) is 5. The highest BCUT2D eigenvalue weighted by atomic mass is 35.5. The first-order chi connectivity index (χ1) is 17.5. The van der Waals surface area contributed by atoms with Crippen LogP contribution in [0.4, 0.5) is 5.69 Å². The van der Waals surface area contributed by atoms with Crippen molar-refractivity contribution in [3.05, 3.63) is 83.4 Å². The predicted octanol–water partition coefficient (Wildman–Crippen LogP) is 3.96. The van der Waals surface area contributed by atoms with Crippen LogP contribution in [0.2, 0.25) is 5.02 Å². The number of carbonyl (C=O) groups is 1. The van der Waals surface area contributed by atoms with E-state index in [1.807, 2.05) is 24.3 Å². The molecule has 3 heterocycles. The summed E-state index contributed by atoms with van der Waals surface area (Å²) in [6.45, 7) is 0. The molecule has 0 spiro atoms. The molecule has 1 saturated carbocycles. The molecule has 2 aromatic carbocycles. The molecule has 10 nitrogen and oxygen atoms in total. The maximum atomic E-state index is 13.3. The number of tetrazole rings is 1. The lowest BCUT2D eigenvalue weighted by molar-refractivity contribution is -0.117. The van der Waals surface area contributed by atoms with E-state index in [0.29, 0.717) is 27.9 Å². The zero-order chi connectivity index (χ0) is 24.7. The number of carbonyl (C=O) groups excluding carboxylic acids is 1. The number of hydrogen-bond donors (Lipinski definition) is 2. The van der Waals surface area contributed by atoms with Gasteiger partial charge in [-0.15, -0.1) is 5.10 Å². The van der Waals surface area contributed by atoms with E-state index in [9.17, 15) is 9.90 Å². The summed E-state index contributed by atoms with van der Waals surface area (Å²) in [5, 5.41) is 24.8. The monoisotopic (exact) mass is 504 g/mol. The molecule has 2 N–H and O–H groups in total. The first-order valence-corrected chi connectivity index (χ1v) is 11.9. The van der Waals surface area contributed by atoms with Gasteiger partial charge in [0.15, 0.2) is 0 Å². The normalized spacial score (nSPS) is 16.9. The van der Waals surface area contributed by atoms with Crippen LogP contribution >= 0.6 is 11.6 Å². The summed E-state index contributed by atoms with van der Waals surface area (Å²) in [5.41, 5.74) is 4.17. The average Bonchev–Trinajstić information content (AvgIpc) is 3.81. The van der Waals surface area contributed by atoms with Crippen LogP contribution in [-0.2, 0) is 20.5 Å². The molecule has 6 rings (SSSR count). The number of aromatic nitrogens is 5. The van der Waals surface area contributed by atoms with Crippen LogP contribution in [0.25, 0.3) is 16.8 Å². The van der Waals surface area contributed by atoms with Crippen LogP contribution in [0.5, 0.6) is 0 Å². The molecule has 1 aliphatic heterocycles. The summed E-state index contributed by atoms with van der Waals surface area (Å²) in [6.07, 6.45) is 6.22. The van der Waals surface area contributed by atoms with Gasteiger partial charge in [0.05, 0.1) is 17.3 Å². The maximum absolute atomic E-state index is 13.3. The minimum Gasteiger partial charge on any atom is -0.336 e. The van der Waals surface area contributed by atoms with Crippen molar-refractivity contribution in [1.82, 2.24) is 25.2 Å². The number of anilines is 1. The molecule has 1 atom stereocenters. The van der Waals surface area contributed by atoms with E-state index in [0.717, 1.165) is 36.1 Å². The van der Waals surface area contributed by atoms with E-state index in [-0.39, 0.29) is 5.91 Å². The summed E-state index contributed by atoms with van der Waals surface area (Å²) < 4.78 is 1.56. The van der Waals surface area contributed by atoms with Crippen molar-refractivity contribution in [2.75, 3.05) is 5.32 Å². The third-order valence-corrected chi connectivity index (χ3v) is 6.58. The molecule has 182 valence electrons. The molecular formula is C25H21ClN6O4. The maximum Gasteiger partial charge on any atom is 0.365 e. The van der Waals surface area contributed by atoms with Crippen LogP contribution in [0, 0.1) is 5.92 Å². The topological polar surface area (TPSA) is 131 Å². The van der Waals surface area contributed by atoms with E-state index in [2.05, 4.69) is 35.6 Å². The second-order valence-corrected chi connectivity index (χ2v) is 9.37. The van der Waals surface area contributed by atoms with Gasteiger partial charge in [0, 0.05) is 33.6 Å². The van der Waals surface area contributed by atoms with Crippen LogP contribution in [0.3, 0.4) is 0 Å². The van der Waals surface area contributed by atoms with E-state index >= 15 is 0 Å². The van der Waals surface area contributed by atoms with Crippen molar-refractivity contribution in [2.24, 2.45) is 5.92 Å². The summed E-state index contributed by atoms with van der Waals surface area (Å²) >= 11 is 6.27. The van der Waals surface area contributed by atoms with Crippen molar-refractivity contribution in [3.63, 3.8) is 0 Å². The zero-order valence-electron chi connectivity index (χ0n) is 18.9. The van der Waals surface area contributed by atoms with Crippen LogP contribution in [0.15, 0.2) is 67.1 Å². The van der Waals surface area contributed by atoms with Crippen molar-refractivity contribution in [1.29, 1.82) is 0 Å². The van der Waals surface area contributed by atoms with Crippen molar-refractivity contribution in [2.45, 2.75) is 31.2 Å². The van der Waals surface area contributed by atoms with E-state index in [1.165, 1.54) is 6.33 Å². The van der Waals surface area contributed by atoms with Gasteiger partial charge in [0.25, 0.3) is 0 Å². The van der Waals surface area contributed by atoms with Crippen molar-refractivity contribution < 1.29 is 19.7 Å². The number of amides is 1. The molecule has 1 aliphatic carbocycles. The van der Waals surface area contributed by atoms with Gasteiger partial charge in [-0.1, -0.05) is 30.5 Å². The second-order valence-electron chi connectivity index (χ2n) is 8.93. The van der Waals surface area contributed by atoms with E-state index in [4.69, 9.17) is 11.6 Å². The Kier molecular flexibility index (Phi) is 5.73. The van der Waals surface area contributed by atoms with Gasteiger partial charge in [-0.2, -0.15) is 14.5 Å². The molecule has 1 amide bonds. The van der Waals surface area contributed by atoms with Gasteiger partial charge >= 0.3 is 5.97 Å². The lowest BCUT2D eigenvalue weighted by Crippen LogP contribution is -2.22. The van der Waals surface area contributed by atoms with Gasteiger partial charge in [-0.05, 0) is 71.3 Å². The Hall–Kier alpha value is -3.70. The van der Waals surface area contributed by atoms with E-state index < -0.39 is 11.9 Å². The number of nitrogens with one attached hydrogen (secondary N) is 1. The van der Waals surface area contributed by atoms with E-state index in [1.54, 1.807) is 41.2 Å². The third-order valence-electron chi connectivity index (χ3n) is 6.35. The number of hydrogen-bond acceptors (Lipinski definition) is 8. The summed E-state index contributed by atoms with van der Waals surface area (Å²) in [6, 6.07) is 15.9. The Morgan fingerprint density at radius 2 is 1.97 bits per heavy atom. The molecule has 4 aromatic rings. The van der Waals surface area contributed by atoms with Crippen LogP contribution in [0.1, 0.15) is 36.4 Å². The fourth-order valence-electron chi connectivity index (χ4n) is 4.16. The predicted molar refractivity (Wildman–Crippen MR) is 129 cm³/mol. The number of pyridine rings is 1. The largest absolute Gasteiger partial charge is 0.365 e. The Morgan fingerprint density at radius 1 is 1.17 bits per heavy atom. The Morgan fingerprint density at radius 3 is 2.61 bits per heavy atom. The summed E-state index contributed by atoms with van der Waals surface area (Å²) in [7, 11) is 0. The molecule has 11 heteroatoms. The molecule has 0 radical (unpaired) electrons. The smallest absolute Gasteiger partial charge is 0.336 e. The molecular weight excluding hydrogens is 484 g/mol. The number of benzene rings is 2. The molecule has 2 fully saturated rings. The van der Waals surface area contributed by atoms with Crippen molar-refractivity contribution in [3.8, 4) is 16.8 Å². The zero-order valence-corrected chi connectivity index (χ0v) is 19.7. The second kappa shape index (κ2) is 9.07. The third kappa shape index (κ3) is 4.71. The SMILES string of the molecule is O=C(Nc1ccc(C2(O)OO2)cc1)C(CC1CC1)c1ccc(-c2cc(Cl)ccc2-n2cnnn2)cn1. The molecule has 2 aromatic heterocycles. The van der Waals surface area contributed by atoms with Gasteiger partial charge in [-0.3, -0.25) is 9.78 Å². The quantitative estimate of drug-likeness (QED) is 0.272. The van der Waals surface area contributed by atoms with Gasteiger partial charge in [-0.25, -0.2) is 0 Å². The number of aliphatic hydroxyl groups is 1. The first-order valence-electron chi connectivity index (χ1n) is 11.5. The molecule has 1 unspecified atom stereocenters. The first kappa shape index (κ1) is 22.7.